The number of hydrogen-bond acceptors (Lipinski definition) is 8. The lowest BCUT2D eigenvalue weighted by molar-refractivity contribution is -0.139. The number of ether oxygens (including phenoxy) is 2. The van der Waals surface area contributed by atoms with Crippen LogP contribution in [-0.4, -0.2) is 46.0 Å². The van der Waals surface area contributed by atoms with E-state index in [1.165, 1.54) is 31.4 Å². The van der Waals surface area contributed by atoms with Gasteiger partial charge in [-0.15, -0.1) is 0 Å². The third-order valence-corrected chi connectivity index (χ3v) is 7.02. The van der Waals surface area contributed by atoms with E-state index in [9.17, 15) is 27.9 Å². The fraction of sp³-hybridized carbons (Fsp3) is 0.357. The van der Waals surface area contributed by atoms with E-state index in [2.05, 4.69) is 20.6 Å². The zero-order chi connectivity index (χ0) is 28.4. The molecule has 1 saturated carbocycles. The molecule has 3 aromatic rings. The summed E-state index contributed by atoms with van der Waals surface area (Å²) in [6, 6.07) is 9.30. The van der Waals surface area contributed by atoms with Gasteiger partial charge in [0.15, 0.2) is 5.78 Å². The maximum Gasteiger partial charge on any atom is 0.423 e. The molecular formula is C28H27F3N4O5. The van der Waals surface area contributed by atoms with Crippen molar-refractivity contribution in [1.29, 1.82) is 0 Å². The molecule has 210 valence electrons. The molecular weight excluding hydrogens is 529 g/mol. The monoisotopic (exact) mass is 556 g/mol. The fourth-order valence-corrected chi connectivity index (χ4v) is 4.91. The van der Waals surface area contributed by atoms with Crippen molar-refractivity contribution in [2.24, 2.45) is 0 Å². The lowest BCUT2D eigenvalue weighted by Crippen LogP contribution is -2.38. The molecule has 0 radical (unpaired) electrons. The number of carbonyl (C=O) groups is 2. The highest BCUT2D eigenvalue weighted by molar-refractivity contribution is 6.03. The Bertz CT molecular complexity index is 1440. The van der Waals surface area contributed by atoms with Crippen molar-refractivity contribution in [3.8, 4) is 17.4 Å². The van der Waals surface area contributed by atoms with E-state index in [0.29, 0.717) is 55.1 Å². The van der Waals surface area contributed by atoms with Gasteiger partial charge in [-0.3, -0.25) is 9.59 Å². The molecule has 0 bridgehead atoms. The van der Waals surface area contributed by atoms with E-state index in [-0.39, 0.29) is 53.3 Å². The average Bonchev–Trinajstić information content (AvgIpc) is 3.31. The summed E-state index contributed by atoms with van der Waals surface area (Å²) in [4.78, 5) is 32.9. The number of aliphatic hydroxyl groups is 1. The lowest BCUT2D eigenvalue weighted by Gasteiger charge is -2.26. The first-order valence-corrected chi connectivity index (χ1v) is 12.8. The van der Waals surface area contributed by atoms with E-state index in [4.69, 9.17) is 9.47 Å². The summed E-state index contributed by atoms with van der Waals surface area (Å²) in [7, 11) is 1.39. The Morgan fingerprint density at radius 3 is 2.58 bits per heavy atom. The molecule has 0 saturated heterocycles. The number of nitrogens with zero attached hydrogens (tertiary/aromatic N) is 2. The number of anilines is 2. The van der Waals surface area contributed by atoms with Gasteiger partial charge >= 0.3 is 6.18 Å². The number of aryl methyl sites for hydroxylation is 1. The number of fused-ring (bicyclic) bond motifs is 1. The van der Waals surface area contributed by atoms with Crippen LogP contribution in [0.15, 0.2) is 42.6 Å². The second kappa shape index (κ2) is 11.1. The van der Waals surface area contributed by atoms with Gasteiger partial charge in [-0.05, 0) is 61.9 Å². The quantitative estimate of drug-likeness (QED) is 0.363. The summed E-state index contributed by atoms with van der Waals surface area (Å²) in [6.07, 6.45) is -1.18. The van der Waals surface area contributed by atoms with Crippen molar-refractivity contribution in [2.75, 3.05) is 12.4 Å². The van der Waals surface area contributed by atoms with Crippen LogP contribution in [0.5, 0.6) is 17.4 Å². The number of halogens is 3. The van der Waals surface area contributed by atoms with Crippen LogP contribution in [0.3, 0.4) is 0 Å². The van der Waals surface area contributed by atoms with Gasteiger partial charge in [0.25, 0.3) is 5.91 Å². The van der Waals surface area contributed by atoms with E-state index in [1.54, 1.807) is 12.1 Å². The summed E-state index contributed by atoms with van der Waals surface area (Å²) < 4.78 is 52.3. The molecule has 0 unspecified atom stereocenters. The van der Waals surface area contributed by atoms with Gasteiger partial charge in [0.1, 0.15) is 17.1 Å². The van der Waals surface area contributed by atoms with Crippen molar-refractivity contribution in [3.63, 3.8) is 0 Å². The normalized spacial score (nSPS) is 18.7. The van der Waals surface area contributed by atoms with E-state index < -0.39 is 17.6 Å². The number of amides is 1. The van der Waals surface area contributed by atoms with E-state index in [0.717, 1.165) is 0 Å². The highest BCUT2D eigenvalue weighted by Crippen LogP contribution is 2.40. The smallest absolute Gasteiger partial charge is 0.423 e. The third-order valence-electron chi connectivity index (χ3n) is 7.02. The molecule has 12 heteroatoms. The summed E-state index contributed by atoms with van der Waals surface area (Å²) in [5, 5.41) is 15.4. The predicted molar refractivity (Wildman–Crippen MR) is 138 cm³/mol. The van der Waals surface area contributed by atoms with Gasteiger partial charge in [-0.2, -0.15) is 18.2 Å². The predicted octanol–water partition coefficient (Wildman–Crippen LogP) is 5.20. The summed E-state index contributed by atoms with van der Waals surface area (Å²) in [5.41, 5.74) is 0.396. The maximum absolute atomic E-state index is 13.8. The number of carbonyl (C=O) groups excluding carboxylic acids is 2. The van der Waals surface area contributed by atoms with Crippen molar-refractivity contribution in [2.45, 2.75) is 56.8 Å². The Balaban J connectivity index is 1.39. The van der Waals surface area contributed by atoms with Crippen LogP contribution in [0, 0.1) is 0 Å². The van der Waals surface area contributed by atoms with Crippen molar-refractivity contribution in [3.05, 3.63) is 64.8 Å². The largest absolute Gasteiger partial charge is 0.495 e. The van der Waals surface area contributed by atoms with Crippen LogP contribution in [0.1, 0.15) is 63.9 Å². The molecule has 1 aromatic heterocycles. The number of Topliss-reactive ketones (excluding diaryl/α,β-unsaturated/α-hetero) is 1. The topological polar surface area (TPSA) is 123 Å². The first-order chi connectivity index (χ1) is 19.1. The molecule has 0 aliphatic heterocycles. The highest BCUT2D eigenvalue weighted by atomic mass is 19.4. The molecule has 9 nitrogen and oxygen atoms in total. The van der Waals surface area contributed by atoms with E-state index >= 15 is 0 Å². The molecule has 2 aliphatic rings. The Kier molecular flexibility index (Phi) is 7.61. The molecule has 3 N–H and O–H groups in total. The van der Waals surface area contributed by atoms with Gasteiger partial charge in [-0.1, -0.05) is 12.1 Å². The fourth-order valence-electron chi connectivity index (χ4n) is 4.91. The third kappa shape index (κ3) is 5.86. The van der Waals surface area contributed by atoms with Crippen LogP contribution < -0.4 is 20.1 Å². The Hall–Kier alpha value is -4.19. The summed E-state index contributed by atoms with van der Waals surface area (Å²) >= 11 is 0. The number of ketones is 1. The molecule has 1 amide bonds. The van der Waals surface area contributed by atoms with Crippen LogP contribution >= 0.6 is 0 Å². The Morgan fingerprint density at radius 1 is 1.07 bits per heavy atom. The molecule has 5 rings (SSSR count). The molecule has 0 spiro atoms. The van der Waals surface area contributed by atoms with Crippen LogP contribution in [0.2, 0.25) is 0 Å². The highest BCUT2D eigenvalue weighted by Gasteiger charge is 2.37. The molecule has 2 aliphatic carbocycles. The number of rotatable bonds is 7. The second-order valence-corrected chi connectivity index (χ2v) is 9.74. The minimum absolute atomic E-state index is 0.00410. The first-order valence-electron chi connectivity index (χ1n) is 12.8. The molecule has 0 atom stereocenters. The number of methoxy groups -OCH3 is 1. The van der Waals surface area contributed by atoms with Crippen molar-refractivity contribution < 1.29 is 37.3 Å². The van der Waals surface area contributed by atoms with Gasteiger partial charge in [0, 0.05) is 24.2 Å². The first kappa shape index (κ1) is 27.4. The molecule has 40 heavy (non-hydrogen) atoms. The number of benzene rings is 2. The van der Waals surface area contributed by atoms with Crippen LogP contribution in [0.25, 0.3) is 0 Å². The van der Waals surface area contributed by atoms with Gasteiger partial charge in [0.05, 0.1) is 24.5 Å². The Morgan fingerprint density at radius 2 is 1.85 bits per heavy atom. The number of nitrogens with one attached hydrogen (secondary N) is 2. The summed E-state index contributed by atoms with van der Waals surface area (Å²) in [5.74, 6) is -1.25. The van der Waals surface area contributed by atoms with Gasteiger partial charge in [-0.25, -0.2) is 4.98 Å². The molecule has 1 fully saturated rings. The van der Waals surface area contributed by atoms with E-state index in [1.807, 2.05) is 0 Å². The molecule has 2 aromatic carbocycles. The number of aromatic nitrogens is 2. The number of hydrogen-bond donors (Lipinski definition) is 3. The van der Waals surface area contributed by atoms with Crippen molar-refractivity contribution in [1.82, 2.24) is 15.3 Å². The summed E-state index contributed by atoms with van der Waals surface area (Å²) in [6.45, 7) is 0. The number of alkyl halides is 3. The van der Waals surface area contributed by atoms with Crippen LogP contribution in [0.4, 0.5) is 24.8 Å². The zero-order valence-corrected chi connectivity index (χ0v) is 21.5. The van der Waals surface area contributed by atoms with Crippen LogP contribution in [-0.2, 0) is 12.6 Å². The number of aliphatic hydroxyl groups excluding tert-OH is 1. The van der Waals surface area contributed by atoms with Gasteiger partial charge in [0.2, 0.25) is 11.8 Å². The minimum Gasteiger partial charge on any atom is -0.495 e. The standard InChI is InChI=1S/C28H27F3N4O5/c1-39-23-13-16(25(38)33-17-7-9-18(36)10-8-17)5-11-20(23)34-27-32-14-19(28(29,30)31)26(35-27)40-22-4-2-3-15-6-12-21(37)24(15)22/h2-5,11,13-14,17-18,36H,6-10,12H2,1H3,(H,33,38)(H,32,34,35). The average molecular weight is 557 g/mol. The second-order valence-electron chi connectivity index (χ2n) is 9.74. The lowest BCUT2D eigenvalue weighted by atomic mass is 9.93. The SMILES string of the molecule is COc1cc(C(=O)NC2CCC(O)CC2)ccc1Nc1ncc(C(F)(F)F)c(Oc2cccc3c2C(=O)CC3)n1. The maximum atomic E-state index is 13.8. The zero-order valence-electron chi connectivity index (χ0n) is 21.5. The minimum atomic E-state index is -4.81. The molecule has 1 heterocycles. The Labute approximate surface area is 227 Å². The van der Waals surface area contributed by atoms with Crippen molar-refractivity contribution >= 4 is 23.3 Å². The van der Waals surface area contributed by atoms with Gasteiger partial charge < -0.3 is 25.2 Å².